The van der Waals surface area contributed by atoms with E-state index in [1.807, 2.05) is 13.0 Å². The van der Waals surface area contributed by atoms with E-state index in [0.29, 0.717) is 0 Å². The Bertz CT molecular complexity index is 331. The van der Waals surface area contributed by atoms with Gasteiger partial charge in [-0.15, -0.1) is 0 Å². The summed E-state index contributed by atoms with van der Waals surface area (Å²) in [6, 6.07) is 8.67. The summed E-state index contributed by atoms with van der Waals surface area (Å²) in [4.78, 5) is 0. The van der Waals surface area contributed by atoms with Gasteiger partial charge in [0.25, 0.3) is 0 Å². The van der Waals surface area contributed by atoms with Gasteiger partial charge in [-0.25, -0.2) is 0 Å². The molecule has 0 heterocycles. The Morgan fingerprint density at radius 2 is 2.00 bits per heavy atom. The Morgan fingerprint density at radius 1 is 1.36 bits per heavy atom. The van der Waals surface area contributed by atoms with Crippen molar-refractivity contribution in [3.8, 4) is 0 Å². The monoisotopic (exact) mass is 188 g/mol. The van der Waals surface area contributed by atoms with Crippen LogP contribution in [-0.2, 0) is 0 Å². The van der Waals surface area contributed by atoms with Crippen molar-refractivity contribution in [2.45, 2.75) is 25.7 Å². The Kier molecular flexibility index (Phi) is 2.69. The van der Waals surface area contributed by atoms with Crippen molar-refractivity contribution in [2.75, 3.05) is 6.61 Å². The molecular weight excluding hydrogens is 172 g/mol. The van der Waals surface area contributed by atoms with Crippen LogP contribution < -0.4 is 0 Å². The van der Waals surface area contributed by atoms with E-state index in [2.05, 4.69) is 24.3 Å². The van der Waals surface area contributed by atoms with Gasteiger partial charge in [0.1, 0.15) is 0 Å². The maximum Gasteiger partial charge on any atom is 0.0642 e. The summed E-state index contributed by atoms with van der Waals surface area (Å²) in [7, 11) is 0. The molecule has 1 fully saturated rings. The number of aliphatic hydroxyl groups is 1. The average molecular weight is 188 g/mol. The summed E-state index contributed by atoms with van der Waals surface area (Å²) in [5.41, 5.74) is 3.65. The quantitative estimate of drug-likeness (QED) is 0.773. The number of hydrogen-bond acceptors (Lipinski definition) is 1. The summed E-state index contributed by atoms with van der Waals surface area (Å²) in [6.07, 6.45) is 4.73. The van der Waals surface area contributed by atoms with Crippen LogP contribution in [0.2, 0.25) is 0 Å². The van der Waals surface area contributed by atoms with E-state index < -0.39 is 0 Å². The van der Waals surface area contributed by atoms with Gasteiger partial charge in [-0.05, 0) is 42.4 Å². The van der Waals surface area contributed by atoms with Gasteiger partial charge in [-0.1, -0.05) is 30.3 Å². The summed E-state index contributed by atoms with van der Waals surface area (Å²) in [6.45, 7) is 2.08. The van der Waals surface area contributed by atoms with E-state index in [4.69, 9.17) is 5.11 Å². The van der Waals surface area contributed by atoms with Crippen molar-refractivity contribution < 1.29 is 5.11 Å². The largest absolute Gasteiger partial charge is 0.392 e. The predicted molar refractivity (Wildman–Crippen MR) is 59.2 cm³/mol. The highest BCUT2D eigenvalue weighted by molar-refractivity contribution is 5.53. The smallest absolute Gasteiger partial charge is 0.0642 e. The average Bonchev–Trinajstić information content (AvgIpc) is 3.02. The molecule has 0 atom stereocenters. The van der Waals surface area contributed by atoms with E-state index in [1.165, 1.54) is 24.0 Å². The van der Waals surface area contributed by atoms with Crippen LogP contribution in [0.1, 0.15) is 36.8 Å². The third-order valence-corrected chi connectivity index (χ3v) is 2.65. The lowest BCUT2D eigenvalue weighted by Crippen LogP contribution is -1.84. The lowest BCUT2D eigenvalue weighted by Gasteiger charge is -2.00. The molecule has 0 aliphatic heterocycles. The van der Waals surface area contributed by atoms with Crippen LogP contribution in [0.25, 0.3) is 6.08 Å². The molecule has 0 spiro atoms. The highest BCUT2D eigenvalue weighted by atomic mass is 16.3. The zero-order valence-corrected chi connectivity index (χ0v) is 8.53. The standard InChI is InChI=1S/C13H16O/c1-10(9-14)8-11-2-4-12(5-3-11)13-6-7-13/h2-5,8,13-14H,6-7,9H2,1H3. The second-order valence-corrected chi connectivity index (χ2v) is 4.09. The summed E-state index contributed by atoms with van der Waals surface area (Å²) in [5.74, 6) is 0.826. The minimum Gasteiger partial charge on any atom is -0.392 e. The molecule has 0 bridgehead atoms. The molecule has 1 aliphatic rings. The number of aliphatic hydroxyl groups excluding tert-OH is 1. The Labute approximate surface area is 85.1 Å². The number of rotatable bonds is 3. The van der Waals surface area contributed by atoms with Crippen molar-refractivity contribution in [3.05, 3.63) is 41.0 Å². The molecule has 0 saturated heterocycles. The van der Waals surface area contributed by atoms with E-state index in [0.717, 1.165) is 11.5 Å². The second kappa shape index (κ2) is 3.97. The first-order valence-corrected chi connectivity index (χ1v) is 5.17. The molecule has 1 N–H and O–H groups in total. The van der Waals surface area contributed by atoms with E-state index in [9.17, 15) is 0 Å². The lowest BCUT2D eigenvalue weighted by atomic mass is 10.1. The molecule has 1 aliphatic carbocycles. The van der Waals surface area contributed by atoms with Gasteiger partial charge in [0, 0.05) is 0 Å². The van der Waals surface area contributed by atoms with Gasteiger partial charge >= 0.3 is 0 Å². The maximum atomic E-state index is 8.88. The van der Waals surface area contributed by atoms with Crippen molar-refractivity contribution in [1.82, 2.24) is 0 Å². The van der Waals surface area contributed by atoms with Crippen LogP contribution in [-0.4, -0.2) is 11.7 Å². The number of benzene rings is 1. The highest BCUT2D eigenvalue weighted by Gasteiger charge is 2.22. The molecule has 1 nitrogen and oxygen atoms in total. The highest BCUT2D eigenvalue weighted by Crippen LogP contribution is 2.39. The summed E-state index contributed by atoms with van der Waals surface area (Å²) in [5, 5.41) is 8.88. The first kappa shape index (κ1) is 9.47. The first-order valence-electron chi connectivity index (χ1n) is 5.17. The van der Waals surface area contributed by atoms with Crippen molar-refractivity contribution >= 4 is 6.08 Å². The van der Waals surface area contributed by atoms with Crippen LogP contribution >= 0.6 is 0 Å². The van der Waals surface area contributed by atoms with Crippen LogP contribution in [0, 0.1) is 0 Å². The molecule has 2 rings (SSSR count). The summed E-state index contributed by atoms with van der Waals surface area (Å²) >= 11 is 0. The van der Waals surface area contributed by atoms with Gasteiger partial charge in [-0.2, -0.15) is 0 Å². The molecule has 74 valence electrons. The van der Waals surface area contributed by atoms with Gasteiger partial charge < -0.3 is 5.11 Å². The molecule has 0 aromatic heterocycles. The first-order chi connectivity index (χ1) is 6.79. The van der Waals surface area contributed by atoms with Crippen molar-refractivity contribution in [3.63, 3.8) is 0 Å². The van der Waals surface area contributed by atoms with Crippen LogP contribution in [0.3, 0.4) is 0 Å². The summed E-state index contributed by atoms with van der Waals surface area (Å²) < 4.78 is 0. The molecule has 0 unspecified atom stereocenters. The van der Waals surface area contributed by atoms with Crippen LogP contribution in [0.4, 0.5) is 0 Å². The molecule has 0 amide bonds. The molecule has 1 saturated carbocycles. The topological polar surface area (TPSA) is 20.2 Å². The fourth-order valence-electron chi connectivity index (χ4n) is 1.61. The van der Waals surface area contributed by atoms with Gasteiger partial charge in [0.15, 0.2) is 0 Å². The zero-order valence-electron chi connectivity index (χ0n) is 8.53. The van der Waals surface area contributed by atoms with E-state index in [1.54, 1.807) is 0 Å². The van der Waals surface area contributed by atoms with Crippen molar-refractivity contribution in [1.29, 1.82) is 0 Å². The van der Waals surface area contributed by atoms with Gasteiger partial charge in [-0.3, -0.25) is 0 Å². The van der Waals surface area contributed by atoms with Gasteiger partial charge in [0.05, 0.1) is 6.61 Å². The van der Waals surface area contributed by atoms with Crippen LogP contribution in [0.15, 0.2) is 29.8 Å². The predicted octanol–water partition coefficient (Wildman–Crippen LogP) is 2.96. The molecule has 1 heteroatoms. The third kappa shape index (κ3) is 2.24. The molecule has 1 aromatic carbocycles. The Hall–Kier alpha value is -1.08. The van der Waals surface area contributed by atoms with Crippen molar-refractivity contribution in [2.24, 2.45) is 0 Å². The van der Waals surface area contributed by atoms with Crippen LogP contribution in [0.5, 0.6) is 0 Å². The Balaban J connectivity index is 2.13. The third-order valence-electron chi connectivity index (χ3n) is 2.65. The fourth-order valence-corrected chi connectivity index (χ4v) is 1.61. The molecular formula is C13H16O. The van der Waals surface area contributed by atoms with E-state index in [-0.39, 0.29) is 6.61 Å². The molecule has 14 heavy (non-hydrogen) atoms. The minimum absolute atomic E-state index is 0.143. The lowest BCUT2D eigenvalue weighted by molar-refractivity contribution is 0.332. The normalized spacial score (nSPS) is 17.1. The Morgan fingerprint density at radius 3 is 2.50 bits per heavy atom. The molecule has 0 radical (unpaired) electrons. The fraction of sp³-hybridized carbons (Fsp3) is 0.385. The maximum absolute atomic E-state index is 8.88. The van der Waals surface area contributed by atoms with Gasteiger partial charge in [0.2, 0.25) is 0 Å². The second-order valence-electron chi connectivity index (χ2n) is 4.09. The SMILES string of the molecule is CC(=Cc1ccc(C2CC2)cc1)CO. The zero-order chi connectivity index (χ0) is 9.97. The number of hydrogen-bond donors (Lipinski definition) is 1. The molecule has 1 aromatic rings. The minimum atomic E-state index is 0.143. The van der Waals surface area contributed by atoms with E-state index >= 15 is 0 Å².